The number of imidazole rings is 1. The predicted molar refractivity (Wildman–Crippen MR) is 75.4 cm³/mol. The molecule has 21 heavy (non-hydrogen) atoms. The third-order valence-corrected chi connectivity index (χ3v) is 3.41. The molecule has 0 bridgehead atoms. The number of hydrogen-bond acceptors (Lipinski definition) is 2. The Kier molecular flexibility index (Phi) is 3.15. The van der Waals surface area contributed by atoms with Gasteiger partial charge in [0, 0.05) is 17.7 Å². The van der Waals surface area contributed by atoms with Gasteiger partial charge in [-0.15, -0.1) is 0 Å². The topological polar surface area (TPSA) is 41.6 Å². The molecule has 3 nitrogen and oxygen atoms in total. The van der Waals surface area contributed by atoms with Gasteiger partial charge in [-0.05, 0) is 12.5 Å². The van der Waals surface area contributed by atoms with Crippen LogP contribution >= 0.6 is 0 Å². The smallest absolute Gasteiger partial charge is 0.161 e. The summed E-state index contributed by atoms with van der Waals surface area (Å²) in [5.41, 5.74) is 2.56. The first kappa shape index (κ1) is 13.3. The first-order valence-electron chi connectivity index (χ1n) is 6.40. The Labute approximate surface area is 120 Å². The molecule has 0 aliphatic heterocycles. The minimum Gasteiger partial charge on any atom is -0.310 e. The number of aryl methyl sites for hydroxylation is 1. The van der Waals surface area contributed by atoms with Crippen LogP contribution in [-0.2, 0) is 6.54 Å². The second-order valence-electron chi connectivity index (χ2n) is 4.75. The highest BCUT2D eigenvalue weighted by molar-refractivity contribution is 5.81. The molecule has 0 saturated carbocycles. The van der Waals surface area contributed by atoms with Gasteiger partial charge in [0.25, 0.3) is 0 Å². The van der Waals surface area contributed by atoms with E-state index >= 15 is 0 Å². The number of fused-ring (bicyclic) bond motifs is 1. The molecule has 0 unspecified atom stereocenters. The highest BCUT2D eigenvalue weighted by Crippen LogP contribution is 2.28. The summed E-state index contributed by atoms with van der Waals surface area (Å²) in [5.74, 6) is -1.35. The molecule has 3 rings (SSSR count). The van der Waals surface area contributed by atoms with E-state index in [2.05, 4.69) is 4.98 Å². The fourth-order valence-electron chi connectivity index (χ4n) is 2.38. The number of aromatic nitrogens is 2. The highest BCUT2D eigenvalue weighted by atomic mass is 19.2. The van der Waals surface area contributed by atoms with Gasteiger partial charge < -0.3 is 4.57 Å². The van der Waals surface area contributed by atoms with Crippen LogP contribution in [0.3, 0.4) is 0 Å². The number of rotatable bonds is 2. The second kappa shape index (κ2) is 4.98. The standard InChI is InChI=1S/C16H11F2N3/c1-10-4-2-3-5-11(10)16-20-14-8-12(17)13(18)9-15(14)21(16)7-6-19/h2-5,8-9H,7H2,1H3. The van der Waals surface area contributed by atoms with Gasteiger partial charge in [0.05, 0.1) is 17.1 Å². The van der Waals surface area contributed by atoms with Gasteiger partial charge in [-0.1, -0.05) is 24.3 Å². The van der Waals surface area contributed by atoms with Crippen molar-refractivity contribution in [3.05, 3.63) is 53.6 Å². The number of nitrogens with zero attached hydrogens (tertiary/aromatic N) is 3. The zero-order valence-electron chi connectivity index (χ0n) is 11.3. The summed E-state index contributed by atoms with van der Waals surface area (Å²) in [6.45, 7) is 1.94. The summed E-state index contributed by atoms with van der Waals surface area (Å²) >= 11 is 0. The maximum absolute atomic E-state index is 13.5. The second-order valence-corrected chi connectivity index (χ2v) is 4.75. The molecule has 5 heteroatoms. The van der Waals surface area contributed by atoms with Crippen LogP contribution < -0.4 is 0 Å². The van der Waals surface area contributed by atoms with Crippen molar-refractivity contribution in [3.8, 4) is 17.5 Å². The van der Waals surface area contributed by atoms with E-state index in [9.17, 15) is 8.78 Å². The number of nitriles is 1. The van der Waals surface area contributed by atoms with Crippen LogP contribution in [0.15, 0.2) is 36.4 Å². The maximum Gasteiger partial charge on any atom is 0.161 e. The van der Waals surface area contributed by atoms with E-state index in [0.717, 1.165) is 23.3 Å². The molecule has 0 spiro atoms. The lowest BCUT2D eigenvalue weighted by Crippen LogP contribution is -2.00. The Bertz CT molecular complexity index is 875. The van der Waals surface area contributed by atoms with Crippen LogP contribution in [-0.4, -0.2) is 9.55 Å². The Morgan fingerprint density at radius 3 is 2.62 bits per heavy atom. The average Bonchev–Trinajstić information content (AvgIpc) is 2.79. The number of benzene rings is 2. The fourth-order valence-corrected chi connectivity index (χ4v) is 2.38. The van der Waals surface area contributed by atoms with Gasteiger partial charge in [-0.3, -0.25) is 0 Å². The van der Waals surface area contributed by atoms with Crippen LogP contribution in [0, 0.1) is 29.9 Å². The van der Waals surface area contributed by atoms with E-state index in [4.69, 9.17) is 5.26 Å². The maximum atomic E-state index is 13.5. The van der Waals surface area contributed by atoms with Crippen LogP contribution in [0.25, 0.3) is 22.4 Å². The molecule has 1 heterocycles. The molecule has 1 aromatic heterocycles. The molecule has 0 aliphatic rings. The number of halogens is 2. The zero-order chi connectivity index (χ0) is 15.0. The normalized spacial score (nSPS) is 10.8. The van der Waals surface area contributed by atoms with Gasteiger partial charge in [-0.25, -0.2) is 13.8 Å². The van der Waals surface area contributed by atoms with Gasteiger partial charge in [-0.2, -0.15) is 5.26 Å². The molecular weight excluding hydrogens is 272 g/mol. The van der Waals surface area contributed by atoms with Gasteiger partial charge in [0.1, 0.15) is 12.4 Å². The molecule has 104 valence electrons. The molecule has 0 radical (unpaired) electrons. The Balaban J connectivity index is 2.35. The van der Waals surface area contributed by atoms with Gasteiger partial charge >= 0.3 is 0 Å². The Morgan fingerprint density at radius 2 is 1.90 bits per heavy atom. The molecule has 0 aliphatic carbocycles. The summed E-state index contributed by atoms with van der Waals surface area (Å²) in [4.78, 5) is 4.37. The van der Waals surface area contributed by atoms with Gasteiger partial charge in [0.15, 0.2) is 11.6 Å². The van der Waals surface area contributed by atoms with Crippen molar-refractivity contribution in [1.29, 1.82) is 5.26 Å². The van der Waals surface area contributed by atoms with Crippen molar-refractivity contribution in [2.75, 3.05) is 0 Å². The summed E-state index contributed by atoms with van der Waals surface area (Å²) in [6.07, 6.45) is 0. The molecular formula is C16H11F2N3. The van der Waals surface area contributed by atoms with Crippen LogP contribution in [0.2, 0.25) is 0 Å². The average molecular weight is 283 g/mol. The Hall–Kier alpha value is -2.74. The van der Waals surface area contributed by atoms with Crippen molar-refractivity contribution in [2.24, 2.45) is 0 Å². The SMILES string of the molecule is Cc1ccccc1-c1nc2cc(F)c(F)cc2n1CC#N. The predicted octanol–water partition coefficient (Wildman–Crippen LogP) is 3.81. The molecule has 0 saturated heterocycles. The molecule has 0 amide bonds. The van der Waals surface area contributed by atoms with Crippen molar-refractivity contribution < 1.29 is 8.78 Å². The zero-order valence-corrected chi connectivity index (χ0v) is 11.3. The largest absolute Gasteiger partial charge is 0.310 e. The highest BCUT2D eigenvalue weighted by Gasteiger charge is 2.16. The molecule has 0 atom stereocenters. The van der Waals surface area contributed by atoms with Crippen LogP contribution in [0.4, 0.5) is 8.78 Å². The molecule has 0 N–H and O–H groups in total. The fraction of sp³-hybridized carbons (Fsp3) is 0.125. The summed E-state index contributed by atoms with van der Waals surface area (Å²) in [7, 11) is 0. The van der Waals surface area contributed by atoms with Crippen LogP contribution in [0.1, 0.15) is 5.56 Å². The minimum absolute atomic E-state index is 0.0191. The van der Waals surface area contributed by atoms with Crippen molar-refractivity contribution in [1.82, 2.24) is 9.55 Å². The van der Waals surface area contributed by atoms with Gasteiger partial charge in [0.2, 0.25) is 0 Å². The third kappa shape index (κ3) is 2.15. The monoisotopic (exact) mass is 283 g/mol. The first-order valence-corrected chi connectivity index (χ1v) is 6.40. The summed E-state index contributed by atoms with van der Waals surface area (Å²) < 4.78 is 28.4. The van der Waals surface area contributed by atoms with E-state index in [1.54, 1.807) is 4.57 Å². The lowest BCUT2D eigenvalue weighted by Gasteiger charge is -2.07. The third-order valence-electron chi connectivity index (χ3n) is 3.41. The van der Waals surface area contributed by atoms with E-state index < -0.39 is 11.6 Å². The van der Waals surface area contributed by atoms with E-state index in [1.807, 2.05) is 37.3 Å². The minimum atomic E-state index is -0.946. The van der Waals surface area contributed by atoms with Crippen molar-refractivity contribution in [2.45, 2.75) is 13.5 Å². The first-order chi connectivity index (χ1) is 10.1. The van der Waals surface area contributed by atoms with E-state index in [0.29, 0.717) is 16.9 Å². The molecule has 2 aromatic carbocycles. The van der Waals surface area contributed by atoms with Crippen LogP contribution in [0.5, 0.6) is 0 Å². The Morgan fingerprint density at radius 1 is 1.19 bits per heavy atom. The van der Waals surface area contributed by atoms with E-state index in [1.165, 1.54) is 0 Å². The summed E-state index contributed by atoms with van der Waals surface area (Å²) in [6, 6.07) is 11.7. The van der Waals surface area contributed by atoms with E-state index in [-0.39, 0.29) is 6.54 Å². The quantitative estimate of drug-likeness (QED) is 0.717. The lowest BCUT2D eigenvalue weighted by molar-refractivity contribution is 0.510. The summed E-state index contributed by atoms with van der Waals surface area (Å²) in [5, 5.41) is 9.00. The molecule has 0 fully saturated rings. The molecule has 3 aromatic rings. The number of hydrogen-bond donors (Lipinski definition) is 0. The van der Waals surface area contributed by atoms with Crippen molar-refractivity contribution >= 4 is 11.0 Å². The lowest BCUT2D eigenvalue weighted by atomic mass is 10.1. The van der Waals surface area contributed by atoms with Crippen molar-refractivity contribution in [3.63, 3.8) is 0 Å².